The Balaban J connectivity index is 1.48. The van der Waals surface area contributed by atoms with Crippen LogP contribution < -0.4 is 5.32 Å². The van der Waals surface area contributed by atoms with Crippen molar-refractivity contribution in [2.75, 3.05) is 13.2 Å². The van der Waals surface area contributed by atoms with Crippen molar-refractivity contribution in [1.29, 1.82) is 0 Å². The Labute approximate surface area is 163 Å². The number of esters is 1. The first-order chi connectivity index (χ1) is 13.1. The van der Waals surface area contributed by atoms with Gasteiger partial charge in [0.15, 0.2) is 0 Å². The summed E-state index contributed by atoms with van der Waals surface area (Å²) in [5.74, 6) is 0.515. The molecular weight excluding hydrogens is 362 g/mol. The molecule has 0 atom stereocenters. The fourth-order valence-electron chi connectivity index (χ4n) is 3.45. The van der Waals surface area contributed by atoms with Gasteiger partial charge in [-0.15, -0.1) is 11.3 Å². The quantitative estimate of drug-likeness (QED) is 0.728. The van der Waals surface area contributed by atoms with Gasteiger partial charge in [-0.05, 0) is 73.2 Å². The highest BCUT2D eigenvalue weighted by Crippen LogP contribution is 2.30. The number of carbonyl (C=O) groups is 2. The molecule has 1 aromatic heterocycles. The Morgan fingerprint density at radius 2 is 1.85 bits per heavy atom. The van der Waals surface area contributed by atoms with Crippen molar-refractivity contribution in [2.24, 2.45) is 11.8 Å². The molecule has 6 heteroatoms. The zero-order valence-electron chi connectivity index (χ0n) is 15.4. The second-order valence-electron chi connectivity index (χ2n) is 6.93. The monoisotopic (exact) mass is 387 g/mol. The Bertz CT molecular complexity index is 776. The van der Waals surface area contributed by atoms with Crippen LogP contribution in [0.2, 0.25) is 0 Å². The van der Waals surface area contributed by atoms with Crippen LogP contribution in [0.15, 0.2) is 35.7 Å². The summed E-state index contributed by atoms with van der Waals surface area (Å²) in [7, 11) is 0. The van der Waals surface area contributed by atoms with Gasteiger partial charge in [0.1, 0.15) is 5.75 Å². The van der Waals surface area contributed by atoms with Crippen molar-refractivity contribution in [1.82, 2.24) is 5.32 Å². The highest BCUT2D eigenvalue weighted by atomic mass is 32.1. The van der Waals surface area contributed by atoms with E-state index in [9.17, 15) is 14.7 Å². The summed E-state index contributed by atoms with van der Waals surface area (Å²) in [5, 5.41) is 14.4. The van der Waals surface area contributed by atoms with Crippen molar-refractivity contribution >= 4 is 23.2 Å². The number of thiophene rings is 1. The van der Waals surface area contributed by atoms with E-state index in [1.165, 1.54) is 11.3 Å². The van der Waals surface area contributed by atoms with Gasteiger partial charge in [-0.2, -0.15) is 0 Å². The van der Waals surface area contributed by atoms with Gasteiger partial charge in [-0.25, -0.2) is 0 Å². The number of phenolic OH excluding ortho intramolecular Hbond substituents is 1. The maximum absolute atomic E-state index is 12.4. The Hall–Kier alpha value is -2.34. The molecule has 1 heterocycles. The van der Waals surface area contributed by atoms with Crippen LogP contribution in [0.3, 0.4) is 0 Å². The number of amides is 1. The first-order valence-electron chi connectivity index (χ1n) is 9.39. The summed E-state index contributed by atoms with van der Waals surface area (Å²) in [6.45, 7) is 2.90. The zero-order chi connectivity index (χ0) is 19.2. The van der Waals surface area contributed by atoms with E-state index >= 15 is 0 Å². The predicted octanol–water partition coefficient (Wildman–Crippen LogP) is 4.22. The van der Waals surface area contributed by atoms with Crippen LogP contribution in [0.25, 0.3) is 11.1 Å². The van der Waals surface area contributed by atoms with Gasteiger partial charge in [-0.1, -0.05) is 12.1 Å². The third-order valence-corrected chi connectivity index (χ3v) is 5.97. The zero-order valence-corrected chi connectivity index (χ0v) is 16.3. The normalized spacial score (nSPS) is 19.4. The van der Waals surface area contributed by atoms with Crippen LogP contribution >= 0.6 is 11.3 Å². The molecule has 3 rings (SSSR count). The van der Waals surface area contributed by atoms with E-state index in [0.29, 0.717) is 23.9 Å². The first kappa shape index (κ1) is 19.4. The second kappa shape index (κ2) is 9.04. The maximum atomic E-state index is 12.4. The minimum Gasteiger partial charge on any atom is -0.508 e. The van der Waals surface area contributed by atoms with Crippen molar-refractivity contribution in [2.45, 2.75) is 32.6 Å². The summed E-state index contributed by atoms with van der Waals surface area (Å²) in [4.78, 5) is 24.9. The molecule has 0 aliphatic heterocycles. The smallest absolute Gasteiger partial charge is 0.308 e. The molecule has 0 saturated heterocycles. The van der Waals surface area contributed by atoms with Crippen molar-refractivity contribution < 1.29 is 19.4 Å². The number of phenols is 1. The molecule has 0 spiro atoms. The molecule has 1 saturated carbocycles. The largest absolute Gasteiger partial charge is 0.508 e. The Morgan fingerprint density at radius 3 is 2.52 bits per heavy atom. The molecule has 27 heavy (non-hydrogen) atoms. The summed E-state index contributed by atoms with van der Waals surface area (Å²) >= 11 is 1.42. The van der Waals surface area contributed by atoms with Crippen LogP contribution in [0, 0.1) is 11.8 Å². The fraction of sp³-hybridized carbons (Fsp3) is 0.429. The summed E-state index contributed by atoms with van der Waals surface area (Å²) in [5.41, 5.74) is 1.94. The van der Waals surface area contributed by atoms with Gasteiger partial charge in [0, 0.05) is 6.54 Å². The van der Waals surface area contributed by atoms with E-state index in [1.54, 1.807) is 12.1 Å². The lowest BCUT2D eigenvalue weighted by molar-refractivity contribution is -0.149. The Morgan fingerprint density at radius 1 is 1.15 bits per heavy atom. The van der Waals surface area contributed by atoms with E-state index in [-0.39, 0.29) is 23.5 Å². The van der Waals surface area contributed by atoms with Crippen molar-refractivity contribution in [3.8, 4) is 16.9 Å². The van der Waals surface area contributed by atoms with Crippen LogP contribution in [0.1, 0.15) is 42.3 Å². The third kappa shape index (κ3) is 5.10. The van der Waals surface area contributed by atoms with Gasteiger partial charge in [0.25, 0.3) is 5.91 Å². The van der Waals surface area contributed by atoms with Gasteiger partial charge in [0.05, 0.1) is 17.4 Å². The lowest BCUT2D eigenvalue weighted by Gasteiger charge is -2.27. The number of rotatable bonds is 6. The van der Waals surface area contributed by atoms with E-state index in [1.807, 2.05) is 30.5 Å². The molecule has 0 bridgehead atoms. The van der Waals surface area contributed by atoms with Gasteiger partial charge in [-0.3, -0.25) is 9.59 Å². The highest BCUT2D eigenvalue weighted by molar-refractivity contribution is 7.12. The SMILES string of the molecule is CCOC(=O)C1CCC(CNC(=O)c2cc(-c3ccc(O)cc3)cs2)CC1. The van der Waals surface area contributed by atoms with Crippen molar-refractivity contribution in [3.05, 3.63) is 40.6 Å². The molecule has 5 nitrogen and oxygen atoms in total. The van der Waals surface area contributed by atoms with Crippen LogP contribution in [-0.2, 0) is 9.53 Å². The molecular formula is C21H25NO4S. The molecule has 1 aliphatic carbocycles. The average molecular weight is 388 g/mol. The highest BCUT2D eigenvalue weighted by Gasteiger charge is 2.27. The lowest BCUT2D eigenvalue weighted by atomic mass is 9.82. The molecule has 0 radical (unpaired) electrons. The summed E-state index contributed by atoms with van der Waals surface area (Å²) in [6, 6.07) is 8.82. The molecule has 1 amide bonds. The van der Waals surface area contributed by atoms with Gasteiger partial charge in [0.2, 0.25) is 0 Å². The third-order valence-electron chi connectivity index (χ3n) is 5.04. The maximum Gasteiger partial charge on any atom is 0.308 e. The van der Waals surface area contributed by atoms with Crippen molar-refractivity contribution in [3.63, 3.8) is 0 Å². The minimum atomic E-state index is -0.0830. The minimum absolute atomic E-state index is 0.0158. The summed E-state index contributed by atoms with van der Waals surface area (Å²) in [6.07, 6.45) is 3.55. The number of aromatic hydroxyl groups is 1. The van der Waals surface area contributed by atoms with Gasteiger partial charge >= 0.3 is 5.97 Å². The van der Waals surface area contributed by atoms with E-state index in [4.69, 9.17) is 4.74 Å². The Kier molecular flexibility index (Phi) is 6.50. The number of carbonyl (C=O) groups excluding carboxylic acids is 2. The standard InChI is InChI=1S/C21H25NO4S/c1-2-26-21(25)16-5-3-14(4-6-16)12-22-20(24)19-11-17(13-27-19)15-7-9-18(23)10-8-15/h7-11,13-14,16,23H,2-6,12H2,1H3,(H,22,24). The van der Waals surface area contributed by atoms with E-state index < -0.39 is 0 Å². The molecule has 1 aliphatic rings. The van der Waals surface area contributed by atoms with E-state index in [2.05, 4.69) is 5.32 Å². The molecule has 2 aromatic rings. The second-order valence-corrected chi connectivity index (χ2v) is 7.84. The lowest BCUT2D eigenvalue weighted by Crippen LogP contribution is -2.32. The average Bonchev–Trinajstić information content (AvgIpc) is 3.17. The summed E-state index contributed by atoms with van der Waals surface area (Å²) < 4.78 is 5.10. The molecule has 1 aromatic carbocycles. The van der Waals surface area contributed by atoms with Crippen LogP contribution in [0.5, 0.6) is 5.75 Å². The van der Waals surface area contributed by atoms with Crippen LogP contribution in [-0.4, -0.2) is 30.1 Å². The number of benzene rings is 1. The number of hydrogen-bond donors (Lipinski definition) is 2. The first-order valence-corrected chi connectivity index (χ1v) is 10.3. The molecule has 2 N–H and O–H groups in total. The number of hydrogen-bond acceptors (Lipinski definition) is 5. The van der Waals surface area contributed by atoms with Crippen LogP contribution in [0.4, 0.5) is 0 Å². The van der Waals surface area contributed by atoms with Gasteiger partial charge < -0.3 is 15.2 Å². The topological polar surface area (TPSA) is 75.6 Å². The predicted molar refractivity (Wildman–Crippen MR) is 106 cm³/mol. The molecule has 144 valence electrons. The molecule has 0 unspecified atom stereocenters. The molecule has 1 fully saturated rings. The number of nitrogens with one attached hydrogen (secondary N) is 1. The van der Waals surface area contributed by atoms with E-state index in [0.717, 1.165) is 36.8 Å². The fourth-order valence-corrected chi connectivity index (χ4v) is 4.28. The number of ether oxygens (including phenoxy) is 1.